The maximum absolute atomic E-state index is 12.0. The molecule has 4 nitrogen and oxygen atoms in total. The Hall–Kier alpha value is -1.55. The lowest BCUT2D eigenvalue weighted by Gasteiger charge is -2.33. The van der Waals surface area contributed by atoms with Crippen molar-refractivity contribution in [1.82, 2.24) is 5.32 Å². The van der Waals surface area contributed by atoms with Crippen molar-refractivity contribution in [2.24, 2.45) is 5.92 Å². The van der Waals surface area contributed by atoms with Gasteiger partial charge in [0.15, 0.2) is 0 Å². The highest BCUT2D eigenvalue weighted by atomic mass is 16.2. The predicted octanol–water partition coefficient (Wildman–Crippen LogP) is 2.92. The summed E-state index contributed by atoms with van der Waals surface area (Å²) in [5, 5.41) is 6.24. The molecule has 0 aromatic heterocycles. The maximum atomic E-state index is 12.0. The number of carbonyl (C=O) groups excluding carboxylic acids is 1. The van der Waals surface area contributed by atoms with Gasteiger partial charge < -0.3 is 15.5 Å². The zero-order valence-electron chi connectivity index (χ0n) is 13.0. The van der Waals surface area contributed by atoms with Gasteiger partial charge in [-0.1, -0.05) is 26.3 Å². The molecule has 1 amide bonds. The molecule has 1 saturated heterocycles. The summed E-state index contributed by atoms with van der Waals surface area (Å²) >= 11 is 0. The van der Waals surface area contributed by atoms with E-state index in [0.29, 0.717) is 0 Å². The van der Waals surface area contributed by atoms with Crippen LogP contribution >= 0.6 is 0 Å². The molecule has 1 aromatic rings. The lowest BCUT2D eigenvalue weighted by Crippen LogP contribution is -2.33. The number of hydrogen-bond acceptors (Lipinski definition) is 3. The third-order valence-electron chi connectivity index (χ3n) is 4.83. The van der Waals surface area contributed by atoms with Crippen LogP contribution in [-0.4, -0.2) is 25.5 Å². The summed E-state index contributed by atoms with van der Waals surface area (Å²) < 4.78 is 0. The Morgan fingerprint density at radius 3 is 2.71 bits per heavy atom. The smallest absolute Gasteiger partial charge is 0.246 e. The van der Waals surface area contributed by atoms with Crippen LogP contribution in [0.25, 0.3) is 0 Å². The molecule has 1 atom stereocenters. The van der Waals surface area contributed by atoms with Gasteiger partial charge in [0, 0.05) is 30.0 Å². The number of fused-ring (bicyclic) bond motifs is 1. The van der Waals surface area contributed by atoms with E-state index in [4.69, 9.17) is 0 Å². The van der Waals surface area contributed by atoms with Crippen LogP contribution in [0.1, 0.15) is 44.7 Å². The Morgan fingerprint density at radius 2 is 2.05 bits per heavy atom. The first-order valence-corrected chi connectivity index (χ1v) is 8.16. The average Bonchev–Trinajstić information content (AvgIpc) is 2.83. The lowest BCUT2D eigenvalue weighted by atomic mass is 9.94. The number of hydrogen-bond donors (Lipinski definition) is 2. The SMILES string of the molecule is CCNC1C(=O)Nc2cc(N3CCC(CC)CC3)ccc21. The molecule has 0 radical (unpaired) electrons. The van der Waals surface area contributed by atoms with Crippen molar-refractivity contribution in [2.45, 2.75) is 39.2 Å². The van der Waals surface area contributed by atoms with Gasteiger partial charge in [0.25, 0.3) is 0 Å². The highest BCUT2D eigenvalue weighted by molar-refractivity contribution is 6.03. The Balaban J connectivity index is 1.76. The number of nitrogens with one attached hydrogen (secondary N) is 2. The summed E-state index contributed by atoms with van der Waals surface area (Å²) in [5.41, 5.74) is 3.29. The molecule has 2 N–H and O–H groups in total. The van der Waals surface area contributed by atoms with Gasteiger partial charge in [-0.2, -0.15) is 0 Å². The monoisotopic (exact) mass is 287 g/mol. The molecule has 114 valence electrons. The first kappa shape index (κ1) is 14.4. The maximum Gasteiger partial charge on any atom is 0.246 e. The number of amides is 1. The van der Waals surface area contributed by atoms with Gasteiger partial charge in [-0.05, 0) is 37.4 Å². The molecule has 0 bridgehead atoms. The lowest BCUT2D eigenvalue weighted by molar-refractivity contribution is -0.117. The van der Waals surface area contributed by atoms with Crippen molar-refractivity contribution in [3.63, 3.8) is 0 Å². The van der Waals surface area contributed by atoms with Gasteiger partial charge in [0.05, 0.1) is 0 Å². The molecular formula is C17H25N3O. The predicted molar refractivity (Wildman–Crippen MR) is 86.7 cm³/mol. The van der Waals surface area contributed by atoms with Gasteiger partial charge in [0.1, 0.15) is 6.04 Å². The van der Waals surface area contributed by atoms with Crippen LogP contribution in [0.3, 0.4) is 0 Å². The molecule has 2 aliphatic rings. The Bertz CT molecular complexity index is 521. The molecule has 0 saturated carbocycles. The van der Waals surface area contributed by atoms with E-state index < -0.39 is 0 Å². The molecule has 2 aliphatic heterocycles. The minimum Gasteiger partial charge on any atom is -0.371 e. The normalized spacial score (nSPS) is 22.3. The van der Waals surface area contributed by atoms with E-state index in [1.807, 2.05) is 6.92 Å². The van der Waals surface area contributed by atoms with Crippen molar-refractivity contribution < 1.29 is 4.79 Å². The van der Waals surface area contributed by atoms with Crippen molar-refractivity contribution in [3.05, 3.63) is 23.8 Å². The summed E-state index contributed by atoms with van der Waals surface area (Å²) in [4.78, 5) is 14.4. The first-order valence-electron chi connectivity index (χ1n) is 8.16. The summed E-state index contributed by atoms with van der Waals surface area (Å²) in [6.07, 6.45) is 3.85. The fourth-order valence-electron chi connectivity index (χ4n) is 3.45. The molecule has 1 fully saturated rings. The van der Waals surface area contributed by atoms with Crippen LogP contribution < -0.4 is 15.5 Å². The van der Waals surface area contributed by atoms with Gasteiger partial charge in [-0.3, -0.25) is 4.79 Å². The van der Waals surface area contributed by atoms with Crippen molar-refractivity contribution in [3.8, 4) is 0 Å². The van der Waals surface area contributed by atoms with Crippen molar-refractivity contribution in [1.29, 1.82) is 0 Å². The van der Waals surface area contributed by atoms with E-state index >= 15 is 0 Å². The largest absolute Gasteiger partial charge is 0.371 e. The fraction of sp³-hybridized carbons (Fsp3) is 0.588. The van der Waals surface area contributed by atoms with Gasteiger partial charge in [-0.15, -0.1) is 0 Å². The van der Waals surface area contributed by atoms with E-state index in [2.05, 4.69) is 40.7 Å². The molecule has 4 heteroatoms. The molecule has 21 heavy (non-hydrogen) atoms. The molecule has 3 rings (SSSR count). The van der Waals surface area contributed by atoms with Crippen molar-refractivity contribution >= 4 is 17.3 Å². The summed E-state index contributed by atoms with van der Waals surface area (Å²) in [6, 6.07) is 6.21. The van der Waals surface area contributed by atoms with Crippen LogP contribution in [-0.2, 0) is 4.79 Å². The van der Waals surface area contributed by atoms with E-state index in [1.54, 1.807) is 0 Å². The van der Waals surface area contributed by atoms with E-state index in [9.17, 15) is 4.79 Å². The standard InChI is InChI=1S/C17H25N3O/c1-3-12-7-9-20(10-8-12)13-5-6-14-15(11-13)19-17(21)16(14)18-4-2/h5-6,11-12,16,18H,3-4,7-10H2,1-2H3,(H,19,21). The van der Waals surface area contributed by atoms with E-state index in [1.165, 1.54) is 24.9 Å². The Labute approximate surface area is 126 Å². The highest BCUT2D eigenvalue weighted by Gasteiger charge is 2.30. The third-order valence-corrected chi connectivity index (χ3v) is 4.83. The minimum atomic E-state index is -0.190. The Kier molecular flexibility index (Phi) is 4.15. The van der Waals surface area contributed by atoms with Gasteiger partial charge in [-0.25, -0.2) is 0 Å². The van der Waals surface area contributed by atoms with Crippen molar-refractivity contribution in [2.75, 3.05) is 29.9 Å². The molecule has 1 unspecified atom stereocenters. The second-order valence-corrected chi connectivity index (χ2v) is 6.09. The summed E-state index contributed by atoms with van der Waals surface area (Å²) in [6.45, 7) is 7.36. The zero-order chi connectivity index (χ0) is 14.8. The second kappa shape index (κ2) is 6.06. The van der Waals surface area contributed by atoms with Crippen LogP contribution in [0.5, 0.6) is 0 Å². The summed E-state index contributed by atoms with van der Waals surface area (Å²) in [5.74, 6) is 0.946. The van der Waals surface area contributed by atoms with Crippen LogP contribution in [0.15, 0.2) is 18.2 Å². The Morgan fingerprint density at radius 1 is 1.29 bits per heavy atom. The average molecular weight is 287 g/mol. The molecule has 0 aliphatic carbocycles. The topological polar surface area (TPSA) is 44.4 Å². The van der Waals surface area contributed by atoms with Crippen LogP contribution in [0.4, 0.5) is 11.4 Å². The number of carbonyl (C=O) groups is 1. The second-order valence-electron chi connectivity index (χ2n) is 6.09. The first-order chi connectivity index (χ1) is 10.2. The number of likely N-dealkylation sites (N-methyl/N-ethyl adjacent to an activating group) is 1. The number of piperidine rings is 1. The van der Waals surface area contributed by atoms with E-state index in [0.717, 1.165) is 36.8 Å². The molecule has 2 heterocycles. The summed E-state index contributed by atoms with van der Waals surface area (Å²) in [7, 11) is 0. The molecule has 0 spiro atoms. The van der Waals surface area contributed by atoms with Gasteiger partial charge in [0.2, 0.25) is 5.91 Å². The number of nitrogens with zero attached hydrogens (tertiary/aromatic N) is 1. The number of anilines is 2. The van der Waals surface area contributed by atoms with Crippen LogP contribution in [0, 0.1) is 5.92 Å². The highest BCUT2D eigenvalue weighted by Crippen LogP contribution is 2.35. The zero-order valence-corrected chi connectivity index (χ0v) is 13.0. The molecular weight excluding hydrogens is 262 g/mol. The third kappa shape index (κ3) is 2.77. The number of benzene rings is 1. The van der Waals surface area contributed by atoms with Gasteiger partial charge >= 0.3 is 0 Å². The quantitative estimate of drug-likeness (QED) is 0.895. The number of rotatable bonds is 4. The molecule has 1 aromatic carbocycles. The van der Waals surface area contributed by atoms with Crippen LogP contribution in [0.2, 0.25) is 0 Å². The fourth-order valence-corrected chi connectivity index (χ4v) is 3.45. The minimum absolute atomic E-state index is 0.0636. The van der Waals surface area contributed by atoms with E-state index in [-0.39, 0.29) is 11.9 Å².